The number of ether oxygens (including phenoxy) is 1. The van der Waals surface area contributed by atoms with Gasteiger partial charge in [0.05, 0.1) is 12.7 Å². The summed E-state index contributed by atoms with van der Waals surface area (Å²) in [5.41, 5.74) is 7.07. The Morgan fingerprint density at radius 3 is 2.75 bits per heavy atom. The van der Waals surface area contributed by atoms with Crippen LogP contribution in [0.15, 0.2) is 40.9 Å². The maximum absolute atomic E-state index is 12.2. The Labute approximate surface area is 130 Å². The Morgan fingerprint density at radius 2 is 2.05 bits per heavy atom. The molecule has 0 heterocycles. The van der Waals surface area contributed by atoms with Crippen molar-refractivity contribution < 1.29 is 9.53 Å². The standard InChI is InChI=1S/C14H12BrClN2O2/c1-20-11-5-8(15)4-10(7-11)18-14(19)12-6-9(16)2-3-13(12)17/h2-7H,17H2,1H3,(H,18,19). The molecule has 2 aromatic carbocycles. The molecule has 104 valence electrons. The van der Waals surface area contributed by atoms with Crippen molar-refractivity contribution in [2.45, 2.75) is 0 Å². The SMILES string of the molecule is COc1cc(Br)cc(NC(=O)c2cc(Cl)ccc2N)c1. The number of carbonyl (C=O) groups is 1. The highest BCUT2D eigenvalue weighted by Gasteiger charge is 2.11. The summed E-state index contributed by atoms with van der Waals surface area (Å²) in [6, 6.07) is 10.0. The predicted molar refractivity (Wildman–Crippen MR) is 84.5 cm³/mol. The number of nitrogens with one attached hydrogen (secondary N) is 1. The molecular formula is C14H12BrClN2O2. The van der Waals surface area contributed by atoms with Gasteiger partial charge in [-0.3, -0.25) is 4.79 Å². The molecule has 0 atom stereocenters. The molecule has 0 aliphatic rings. The highest BCUT2D eigenvalue weighted by Crippen LogP contribution is 2.26. The maximum atomic E-state index is 12.2. The van der Waals surface area contributed by atoms with Gasteiger partial charge in [-0.25, -0.2) is 0 Å². The smallest absolute Gasteiger partial charge is 0.257 e. The molecule has 2 rings (SSSR count). The quantitative estimate of drug-likeness (QED) is 0.820. The largest absolute Gasteiger partial charge is 0.497 e. The van der Waals surface area contributed by atoms with E-state index in [9.17, 15) is 4.79 Å². The molecule has 20 heavy (non-hydrogen) atoms. The Bertz CT molecular complexity index is 662. The molecule has 0 aliphatic heterocycles. The van der Waals surface area contributed by atoms with Crippen LogP contribution in [0.4, 0.5) is 11.4 Å². The lowest BCUT2D eigenvalue weighted by atomic mass is 10.1. The van der Waals surface area contributed by atoms with Crippen molar-refractivity contribution in [2.24, 2.45) is 0 Å². The lowest BCUT2D eigenvalue weighted by Gasteiger charge is -2.10. The summed E-state index contributed by atoms with van der Waals surface area (Å²) in [7, 11) is 1.56. The van der Waals surface area contributed by atoms with Crippen LogP contribution in [0.1, 0.15) is 10.4 Å². The van der Waals surface area contributed by atoms with Gasteiger partial charge in [0.2, 0.25) is 0 Å². The second kappa shape index (κ2) is 6.15. The third-order valence-corrected chi connectivity index (χ3v) is 3.32. The zero-order chi connectivity index (χ0) is 14.7. The Kier molecular flexibility index (Phi) is 4.52. The molecule has 1 amide bonds. The fourth-order valence-electron chi connectivity index (χ4n) is 1.68. The summed E-state index contributed by atoms with van der Waals surface area (Å²) in [5.74, 6) is 0.305. The summed E-state index contributed by atoms with van der Waals surface area (Å²) < 4.78 is 5.94. The second-order valence-corrected chi connectivity index (χ2v) is 5.42. The molecule has 4 nitrogen and oxygen atoms in total. The molecule has 0 bridgehead atoms. The van der Waals surface area contributed by atoms with Crippen molar-refractivity contribution in [1.82, 2.24) is 0 Å². The monoisotopic (exact) mass is 354 g/mol. The molecule has 0 unspecified atom stereocenters. The van der Waals surface area contributed by atoms with Crippen LogP contribution in [-0.4, -0.2) is 13.0 Å². The van der Waals surface area contributed by atoms with Gasteiger partial charge in [0, 0.05) is 26.9 Å². The molecule has 0 radical (unpaired) electrons. The third kappa shape index (κ3) is 3.43. The van der Waals surface area contributed by atoms with Crippen molar-refractivity contribution >= 4 is 44.8 Å². The van der Waals surface area contributed by atoms with Gasteiger partial charge < -0.3 is 15.8 Å². The summed E-state index contributed by atoms with van der Waals surface area (Å²) in [6.45, 7) is 0. The molecular weight excluding hydrogens is 344 g/mol. The number of anilines is 2. The molecule has 3 N–H and O–H groups in total. The topological polar surface area (TPSA) is 64.3 Å². The minimum absolute atomic E-state index is 0.329. The van der Waals surface area contributed by atoms with Gasteiger partial charge in [0.1, 0.15) is 5.75 Å². The number of benzene rings is 2. The number of rotatable bonds is 3. The van der Waals surface area contributed by atoms with E-state index >= 15 is 0 Å². The van der Waals surface area contributed by atoms with Gasteiger partial charge in [-0.05, 0) is 30.3 Å². The van der Waals surface area contributed by atoms with Crippen LogP contribution in [0.2, 0.25) is 5.02 Å². The highest BCUT2D eigenvalue weighted by atomic mass is 79.9. The molecule has 0 aliphatic carbocycles. The third-order valence-electron chi connectivity index (χ3n) is 2.62. The van der Waals surface area contributed by atoms with Crippen molar-refractivity contribution in [1.29, 1.82) is 0 Å². The maximum Gasteiger partial charge on any atom is 0.257 e. The number of halogens is 2. The van der Waals surface area contributed by atoms with Gasteiger partial charge in [-0.1, -0.05) is 27.5 Å². The van der Waals surface area contributed by atoms with Crippen LogP contribution >= 0.6 is 27.5 Å². The summed E-state index contributed by atoms with van der Waals surface area (Å²) >= 11 is 9.22. The zero-order valence-corrected chi connectivity index (χ0v) is 13.0. The van der Waals surface area contributed by atoms with E-state index in [2.05, 4.69) is 21.2 Å². The first-order valence-electron chi connectivity index (χ1n) is 5.70. The van der Waals surface area contributed by atoms with E-state index in [0.717, 1.165) is 4.47 Å². The van der Waals surface area contributed by atoms with Gasteiger partial charge >= 0.3 is 0 Å². The minimum atomic E-state index is -0.329. The summed E-state index contributed by atoms with van der Waals surface area (Å²) in [4.78, 5) is 12.2. The number of hydrogen-bond acceptors (Lipinski definition) is 3. The highest BCUT2D eigenvalue weighted by molar-refractivity contribution is 9.10. The Balaban J connectivity index is 2.27. The predicted octanol–water partition coefficient (Wildman–Crippen LogP) is 3.95. The van der Waals surface area contributed by atoms with Crippen molar-refractivity contribution in [3.8, 4) is 5.75 Å². The van der Waals surface area contributed by atoms with Crippen LogP contribution in [0.5, 0.6) is 5.75 Å². The average Bonchev–Trinajstić information content (AvgIpc) is 2.40. The van der Waals surface area contributed by atoms with Crippen molar-refractivity contribution in [2.75, 3.05) is 18.2 Å². The van der Waals surface area contributed by atoms with E-state index in [1.807, 2.05) is 0 Å². The Hall–Kier alpha value is -1.72. The van der Waals surface area contributed by atoms with E-state index in [0.29, 0.717) is 27.7 Å². The summed E-state index contributed by atoms with van der Waals surface area (Å²) in [6.07, 6.45) is 0. The van der Waals surface area contributed by atoms with Crippen molar-refractivity contribution in [3.05, 3.63) is 51.5 Å². The zero-order valence-electron chi connectivity index (χ0n) is 10.6. The lowest BCUT2D eigenvalue weighted by Crippen LogP contribution is -2.14. The van der Waals surface area contributed by atoms with Crippen molar-refractivity contribution in [3.63, 3.8) is 0 Å². The average molecular weight is 356 g/mol. The second-order valence-electron chi connectivity index (χ2n) is 4.07. The molecule has 0 spiro atoms. The summed E-state index contributed by atoms with van der Waals surface area (Å²) in [5, 5.41) is 3.21. The number of methoxy groups -OCH3 is 1. The van der Waals surface area contributed by atoms with Crippen LogP contribution in [0.3, 0.4) is 0 Å². The van der Waals surface area contributed by atoms with E-state index in [1.54, 1.807) is 37.4 Å². The number of carbonyl (C=O) groups excluding carboxylic acids is 1. The van der Waals surface area contributed by atoms with E-state index in [-0.39, 0.29) is 5.91 Å². The van der Waals surface area contributed by atoms with Gasteiger partial charge in [-0.15, -0.1) is 0 Å². The first-order valence-corrected chi connectivity index (χ1v) is 6.87. The van der Waals surface area contributed by atoms with E-state index in [1.165, 1.54) is 6.07 Å². The van der Waals surface area contributed by atoms with Crippen LogP contribution in [-0.2, 0) is 0 Å². The number of hydrogen-bond donors (Lipinski definition) is 2. The van der Waals surface area contributed by atoms with Crippen LogP contribution in [0.25, 0.3) is 0 Å². The molecule has 0 saturated heterocycles. The van der Waals surface area contributed by atoms with Crippen LogP contribution < -0.4 is 15.8 Å². The number of amides is 1. The van der Waals surface area contributed by atoms with Gasteiger partial charge in [0.15, 0.2) is 0 Å². The van der Waals surface area contributed by atoms with E-state index in [4.69, 9.17) is 22.1 Å². The number of nitrogen functional groups attached to an aromatic ring is 1. The minimum Gasteiger partial charge on any atom is -0.497 e. The molecule has 2 aromatic rings. The van der Waals surface area contributed by atoms with Gasteiger partial charge in [-0.2, -0.15) is 0 Å². The van der Waals surface area contributed by atoms with Crippen LogP contribution in [0, 0.1) is 0 Å². The molecule has 0 aromatic heterocycles. The fraction of sp³-hybridized carbons (Fsp3) is 0.0714. The fourth-order valence-corrected chi connectivity index (χ4v) is 2.32. The molecule has 0 saturated carbocycles. The molecule has 0 fully saturated rings. The molecule has 6 heteroatoms. The Morgan fingerprint density at radius 1 is 1.30 bits per heavy atom. The normalized spacial score (nSPS) is 10.2. The van der Waals surface area contributed by atoms with Gasteiger partial charge in [0.25, 0.3) is 5.91 Å². The number of nitrogens with two attached hydrogens (primary N) is 1. The van der Waals surface area contributed by atoms with E-state index < -0.39 is 0 Å². The first kappa shape index (κ1) is 14.7. The lowest BCUT2D eigenvalue weighted by molar-refractivity contribution is 0.102. The first-order chi connectivity index (χ1) is 9.49.